The van der Waals surface area contributed by atoms with Crippen LogP contribution in [0.2, 0.25) is 0 Å². The van der Waals surface area contributed by atoms with E-state index in [0.717, 1.165) is 5.75 Å². The zero-order valence-electron chi connectivity index (χ0n) is 8.15. The number of hydrogen-bond donors (Lipinski definition) is 0. The Hall–Kier alpha value is -1.76. The summed E-state index contributed by atoms with van der Waals surface area (Å²) in [7, 11) is 0. The van der Waals surface area contributed by atoms with E-state index in [4.69, 9.17) is 4.74 Å². The molecule has 0 aliphatic carbocycles. The number of para-hydroxylation sites is 1. The van der Waals surface area contributed by atoms with Crippen LogP contribution >= 0.6 is 0 Å². The lowest BCUT2D eigenvalue weighted by atomic mass is 10.1. The Morgan fingerprint density at radius 3 is 1.86 bits per heavy atom. The molecule has 0 fully saturated rings. The van der Waals surface area contributed by atoms with Gasteiger partial charge in [-0.15, -0.1) is 0 Å². The van der Waals surface area contributed by atoms with Crippen molar-refractivity contribution in [1.82, 2.24) is 0 Å². The highest BCUT2D eigenvalue weighted by molar-refractivity contribution is 5.29. The van der Waals surface area contributed by atoms with Gasteiger partial charge in [-0.25, -0.2) is 0 Å². The van der Waals surface area contributed by atoms with Gasteiger partial charge in [0.2, 0.25) is 0 Å². The third kappa shape index (κ3) is 2.13. The number of ether oxygens (including phenoxy) is 1. The van der Waals surface area contributed by atoms with Crippen LogP contribution in [0.25, 0.3) is 0 Å². The van der Waals surface area contributed by atoms with Crippen LogP contribution in [-0.4, -0.2) is 5.60 Å². The highest BCUT2D eigenvalue weighted by Crippen LogP contribution is 2.20. The minimum atomic E-state index is -0.679. The molecule has 1 nitrogen and oxygen atoms in total. The predicted molar refractivity (Wildman–Crippen MR) is 60.4 cm³/mol. The third-order valence-electron chi connectivity index (χ3n) is 1.99. The van der Waals surface area contributed by atoms with Crippen LogP contribution in [0, 0.1) is 0 Å². The molecule has 1 rings (SSSR count). The Bertz CT molecular complexity index is 303. The minimum absolute atomic E-state index is 0.679. The van der Waals surface area contributed by atoms with Crippen molar-refractivity contribution >= 4 is 0 Å². The van der Waals surface area contributed by atoms with E-state index < -0.39 is 5.60 Å². The largest absolute Gasteiger partial charge is 0.475 e. The molecule has 0 heterocycles. The summed E-state index contributed by atoms with van der Waals surface area (Å²) in [5.74, 6) is 0.771. The zero-order chi connectivity index (χ0) is 10.4. The van der Waals surface area contributed by atoms with E-state index in [0.29, 0.717) is 0 Å². The van der Waals surface area contributed by atoms with Crippen LogP contribution in [0.1, 0.15) is 0 Å². The summed E-state index contributed by atoms with van der Waals surface area (Å²) >= 11 is 0. The molecular formula is C13H14O. The van der Waals surface area contributed by atoms with Gasteiger partial charge < -0.3 is 4.74 Å². The lowest BCUT2D eigenvalue weighted by Gasteiger charge is -2.24. The van der Waals surface area contributed by atoms with E-state index in [-0.39, 0.29) is 0 Å². The normalized spacial score (nSPS) is 10.3. The van der Waals surface area contributed by atoms with E-state index in [2.05, 4.69) is 19.7 Å². The molecule has 0 aliphatic heterocycles. The van der Waals surface area contributed by atoms with Crippen LogP contribution in [0.5, 0.6) is 5.75 Å². The fourth-order valence-electron chi connectivity index (χ4n) is 1.07. The van der Waals surface area contributed by atoms with Crippen LogP contribution in [0.3, 0.4) is 0 Å². The number of benzene rings is 1. The molecule has 0 aliphatic rings. The lowest BCUT2D eigenvalue weighted by Crippen LogP contribution is -2.27. The summed E-state index contributed by atoms with van der Waals surface area (Å²) < 4.78 is 5.70. The molecule has 0 spiro atoms. The molecule has 0 bridgehead atoms. The van der Waals surface area contributed by atoms with Gasteiger partial charge in [-0.1, -0.05) is 37.9 Å². The van der Waals surface area contributed by atoms with Gasteiger partial charge in [0.1, 0.15) is 5.75 Å². The topological polar surface area (TPSA) is 9.23 Å². The minimum Gasteiger partial charge on any atom is -0.475 e. The highest BCUT2D eigenvalue weighted by Gasteiger charge is 2.19. The van der Waals surface area contributed by atoms with Gasteiger partial charge in [-0.2, -0.15) is 0 Å². The maximum atomic E-state index is 5.70. The van der Waals surface area contributed by atoms with Crippen molar-refractivity contribution in [3.8, 4) is 5.75 Å². The Kier molecular flexibility index (Phi) is 3.29. The second-order valence-electron chi connectivity index (χ2n) is 2.88. The van der Waals surface area contributed by atoms with Gasteiger partial charge in [0, 0.05) is 0 Å². The van der Waals surface area contributed by atoms with Crippen molar-refractivity contribution in [2.75, 3.05) is 0 Å². The zero-order valence-corrected chi connectivity index (χ0v) is 8.15. The third-order valence-corrected chi connectivity index (χ3v) is 1.99. The fraction of sp³-hybridized carbons (Fsp3) is 0.0769. The molecule has 0 unspecified atom stereocenters. The first-order valence-electron chi connectivity index (χ1n) is 4.41. The lowest BCUT2D eigenvalue weighted by molar-refractivity contribution is 0.223. The Morgan fingerprint density at radius 2 is 1.43 bits per heavy atom. The van der Waals surface area contributed by atoms with E-state index in [1.54, 1.807) is 18.2 Å². The first-order valence-corrected chi connectivity index (χ1v) is 4.41. The second-order valence-corrected chi connectivity index (χ2v) is 2.88. The summed E-state index contributed by atoms with van der Waals surface area (Å²) in [6.45, 7) is 11.1. The summed E-state index contributed by atoms with van der Waals surface area (Å²) in [5.41, 5.74) is -0.679. The van der Waals surface area contributed by atoms with E-state index >= 15 is 0 Å². The fourth-order valence-corrected chi connectivity index (χ4v) is 1.07. The maximum absolute atomic E-state index is 5.70. The molecule has 1 aromatic rings. The Balaban J connectivity index is 2.90. The Morgan fingerprint density at radius 1 is 0.929 bits per heavy atom. The molecule has 0 radical (unpaired) electrons. The van der Waals surface area contributed by atoms with Crippen LogP contribution in [-0.2, 0) is 0 Å². The van der Waals surface area contributed by atoms with Crippen molar-refractivity contribution in [1.29, 1.82) is 0 Å². The molecule has 1 aromatic carbocycles. The highest BCUT2D eigenvalue weighted by atomic mass is 16.5. The van der Waals surface area contributed by atoms with Crippen molar-refractivity contribution < 1.29 is 4.74 Å². The van der Waals surface area contributed by atoms with Crippen molar-refractivity contribution in [3.63, 3.8) is 0 Å². The van der Waals surface area contributed by atoms with Gasteiger partial charge in [0.05, 0.1) is 0 Å². The average Bonchev–Trinajstić information content (AvgIpc) is 2.28. The molecule has 0 saturated carbocycles. The monoisotopic (exact) mass is 186 g/mol. The standard InChI is InChI=1S/C13H14O/c1-4-13(5-2,6-3)14-12-10-8-7-9-11-12/h4-11H,1-3H2. The van der Waals surface area contributed by atoms with Gasteiger partial charge in [0.15, 0.2) is 5.60 Å². The van der Waals surface area contributed by atoms with E-state index in [1.165, 1.54) is 0 Å². The Labute approximate surface area is 85.0 Å². The molecule has 0 N–H and O–H groups in total. The molecule has 0 saturated heterocycles. The van der Waals surface area contributed by atoms with E-state index in [1.807, 2.05) is 30.3 Å². The van der Waals surface area contributed by atoms with Crippen LogP contribution in [0.15, 0.2) is 68.3 Å². The van der Waals surface area contributed by atoms with Crippen molar-refractivity contribution in [3.05, 3.63) is 68.3 Å². The number of rotatable bonds is 5. The summed E-state index contributed by atoms with van der Waals surface area (Å²) in [6.07, 6.45) is 5.00. The average molecular weight is 186 g/mol. The molecule has 0 atom stereocenters. The van der Waals surface area contributed by atoms with Gasteiger partial charge in [-0.3, -0.25) is 0 Å². The number of hydrogen-bond acceptors (Lipinski definition) is 1. The summed E-state index contributed by atoms with van der Waals surface area (Å²) in [6, 6.07) is 9.52. The summed E-state index contributed by atoms with van der Waals surface area (Å²) in [5, 5.41) is 0. The quantitative estimate of drug-likeness (QED) is 0.641. The molecule has 1 heteroatoms. The van der Waals surface area contributed by atoms with Crippen LogP contribution in [0.4, 0.5) is 0 Å². The second kappa shape index (κ2) is 4.47. The maximum Gasteiger partial charge on any atom is 0.163 e. The van der Waals surface area contributed by atoms with Crippen LogP contribution < -0.4 is 4.74 Å². The van der Waals surface area contributed by atoms with Crippen molar-refractivity contribution in [2.24, 2.45) is 0 Å². The van der Waals surface area contributed by atoms with Gasteiger partial charge in [-0.05, 0) is 30.4 Å². The summed E-state index contributed by atoms with van der Waals surface area (Å²) in [4.78, 5) is 0. The molecular weight excluding hydrogens is 172 g/mol. The van der Waals surface area contributed by atoms with E-state index in [9.17, 15) is 0 Å². The first kappa shape index (κ1) is 10.3. The van der Waals surface area contributed by atoms with Gasteiger partial charge in [0.25, 0.3) is 0 Å². The molecule has 0 amide bonds. The molecule has 72 valence electrons. The predicted octanol–water partition coefficient (Wildman–Crippen LogP) is 3.36. The van der Waals surface area contributed by atoms with Crippen molar-refractivity contribution in [2.45, 2.75) is 5.60 Å². The first-order chi connectivity index (χ1) is 6.76. The van der Waals surface area contributed by atoms with Gasteiger partial charge >= 0.3 is 0 Å². The molecule has 14 heavy (non-hydrogen) atoms. The molecule has 0 aromatic heterocycles. The smallest absolute Gasteiger partial charge is 0.163 e. The SMILES string of the molecule is C=CC(C=C)(C=C)Oc1ccccc1.